The highest BCUT2D eigenvalue weighted by Crippen LogP contribution is 2.32. The monoisotopic (exact) mass is 406 g/mol. The Morgan fingerprint density at radius 3 is 2.38 bits per heavy atom. The molecular weight excluding hydrogens is 376 g/mol. The fraction of sp³-hybridized carbons (Fsp3) is 0.591. The first-order valence-corrected chi connectivity index (χ1v) is 10.2. The lowest BCUT2D eigenvalue weighted by molar-refractivity contribution is -0.132. The molecular formula is C22H30O7. The quantitative estimate of drug-likeness (QED) is 0.590. The predicted octanol–water partition coefficient (Wildman–Crippen LogP) is 3.73. The summed E-state index contributed by atoms with van der Waals surface area (Å²) >= 11 is 0. The molecule has 7 nitrogen and oxygen atoms in total. The third-order valence-corrected chi connectivity index (χ3v) is 4.82. The maximum absolute atomic E-state index is 12.9. The van der Waals surface area contributed by atoms with E-state index in [-0.39, 0.29) is 29.3 Å². The Balaban J connectivity index is 2.42. The van der Waals surface area contributed by atoms with E-state index in [2.05, 4.69) is 0 Å². The number of hydrogen-bond acceptors (Lipinski definition) is 7. The van der Waals surface area contributed by atoms with Crippen molar-refractivity contribution in [1.82, 2.24) is 0 Å². The van der Waals surface area contributed by atoms with E-state index in [4.69, 9.17) is 14.2 Å². The Hall–Kier alpha value is -2.41. The minimum atomic E-state index is -0.582. The van der Waals surface area contributed by atoms with Gasteiger partial charge in [-0.1, -0.05) is 12.8 Å². The highest BCUT2D eigenvalue weighted by molar-refractivity contribution is 5.95. The number of benzene rings is 1. The molecule has 0 spiro atoms. The largest absolute Gasteiger partial charge is 0.459 e. The summed E-state index contributed by atoms with van der Waals surface area (Å²) in [5, 5.41) is 10.1. The van der Waals surface area contributed by atoms with Gasteiger partial charge in [0.1, 0.15) is 17.1 Å². The zero-order valence-electron chi connectivity index (χ0n) is 17.4. The van der Waals surface area contributed by atoms with Crippen LogP contribution in [0.1, 0.15) is 81.6 Å². The highest BCUT2D eigenvalue weighted by atomic mass is 16.6. The van der Waals surface area contributed by atoms with Gasteiger partial charge in [0.2, 0.25) is 0 Å². The summed E-state index contributed by atoms with van der Waals surface area (Å²) < 4.78 is 16.0. The summed E-state index contributed by atoms with van der Waals surface area (Å²) in [5.74, 6) is -1.42. The van der Waals surface area contributed by atoms with E-state index in [1.54, 1.807) is 13.0 Å². The van der Waals surface area contributed by atoms with Crippen LogP contribution in [-0.4, -0.2) is 35.2 Å². The standard InChI is InChI=1S/C22H30O7/c1-14-8-7-11-18(25)10-6-4-5-9-17-12-19(28-15(2)23)13-20(29-16(3)24)21(17)22(26)27-14/h12-14,18,25H,4-11H2,1-3H3/t14-,18?/m0/s1. The maximum Gasteiger partial charge on any atom is 0.342 e. The van der Waals surface area contributed by atoms with Crippen LogP contribution in [0, 0.1) is 0 Å². The van der Waals surface area contributed by atoms with E-state index in [9.17, 15) is 19.5 Å². The number of aliphatic hydroxyl groups excluding tert-OH is 1. The summed E-state index contributed by atoms with van der Waals surface area (Å²) in [6.45, 7) is 4.32. The van der Waals surface area contributed by atoms with Gasteiger partial charge in [-0.2, -0.15) is 0 Å². The molecule has 0 amide bonds. The van der Waals surface area contributed by atoms with Crippen LogP contribution in [0.2, 0.25) is 0 Å². The van der Waals surface area contributed by atoms with Crippen molar-refractivity contribution in [2.45, 2.75) is 84.3 Å². The third kappa shape index (κ3) is 7.49. The van der Waals surface area contributed by atoms with E-state index in [0.29, 0.717) is 24.8 Å². The molecule has 1 aromatic carbocycles. The molecule has 0 bridgehead atoms. The van der Waals surface area contributed by atoms with Crippen LogP contribution in [0.3, 0.4) is 0 Å². The Bertz CT molecular complexity index is 741. The summed E-state index contributed by atoms with van der Waals surface area (Å²) in [6, 6.07) is 2.99. The summed E-state index contributed by atoms with van der Waals surface area (Å²) in [4.78, 5) is 35.9. The summed E-state index contributed by atoms with van der Waals surface area (Å²) in [5.41, 5.74) is 0.801. The molecule has 1 unspecified atom stereocenters. The number of cyclic esters (lactones) is 1. The predicted molar refractivity (Wildman–Crippen MR) is 106 cm³/mol. The second kappa shape index (κ2) is 11.0. The van der Waals surface area contributed by atoms with Crippen molar-refractivity contribution in [3.8, 4) is 11.5 Å². The van der Waals surface area contributed by atoms with Crippen molar-refractivity contribution in [1.29, 1.82) is 0 Å². The fourth-order valence-electron chi connectivity index (χ4n) is 3.49. The lowest BCUT2D eigenvalue weighted by Crippen LogP contribution is -2.19. The zero-order chi connectivity index (χ0) is 21.4. The van der Waals surface area contributed by atoms with Crippen LogP contribution in [0.25, 0.3) is 0 Å². The van der Waals surface area contributed by atoms with Crippen LogP contribution in [-0.2, 0) is 20.7 Å². The van der Waals surface area contributed by atoms with Gasteiger partial charge in [-0.05, 0) is 57.1 Å². The molecule has 2 atom stereocenters. The van der Waals surface area contributed by atoms with Crippen molar-refractivity contribution in [2.75, 3.05) is 0 Å². The van der Waals surface area contributed by atoms with Crippen LogP contribution >= 0.6 is 0 Å². The van der Waals surface area contributed by atoms with Gasteiger partial charge in [0, 0.05) is 19.9 Å². The number of rotatable bonds is 2. The molecule has 7 heteroatoms. The number of carbonyl (C=O) groups is 3. The lowest BCUT2D eigenvalue weighted by Gasteiger charge is -2.19. The number of aryl methyl sites for hydroxylation is 1. The molecule has 2 rings (SSSR count). The number of aliphatic hydroxyl groups is 1. The SMILES string of the molecule is CC(=O)Oc1cc2c(c(OC(C)=O)c1)C(=O)O[C@@H](C)CCCC(O)CCCCC2. The Morgan fingerprint density at radius 2 is 1.69 bits per heavy atom. The second-order valence-corrected chi connectivity index (χ2v) is 7.54. The normalized spacial score (nSPS) is 21.3. The van der Waals surface area contributed by atoms with Gasteiger partial charge < -0.3 is 19.3 Å². The first-order valence-electron chi connectivity index (χ1n) is 10.2. The van der Waals surface area contributed by atoms with Crippen LogP contribution in [0.15, 0.2) is 12.1 Å². The summed E-state index contributed by atoms with van der Waals surface area (Å²) in [7, 11) is 0. The topological polar surface area (TPSA) is 99.1 Å². The van der Waals surface area contributed by atoms with Gasteiger partial charge in [0.25, 0.3) is 0 Å². The zero-order valence-corrected chi connectivity index (χ0v) is 17.4. The molecule has 1 aliphatic rings. The second-order valence-electron chi connectivity index (χ2n) is 7.54. The van der Waals surface area contributed by atoms with Crippen molar-refractivity contribution in [2.24, 2.45) is 0 Å². The maximum atomic E-state index is 12.9. The van der Waals surface area contributed by atoms with E-state index in [0.717, 1.165) is 32.1 Å². The van der Waals surface area contributed by atoms with Crippen molar-refractivity contribution in [3.63, 3.8) is 0 Å². The first kappa shape index (κ1) is 22.9. The molecule has 0 radical (unpaired) electrons. The molecule has 0 saturated heterocycles. The lowest BCUT2D eigenvalue weighted by atomic mass is 9.97. The van der Waals surface area contributed by atoms with E-state index < -0.39 is 17.9 Å². The van der Waals surface area contributed by atoms with Crippen molar-refractivity contribution < 1.29 is 33.7 Å². The molecule has 1 aliphatic heterocycles. The molecule has 0 saturated carbocycles. The minimum Gasteiger partial charge on any atom is -0.459 e. The molecule has 1 aromatic rings. The van der Waals surface area contributed by atoms with Crippen molar-refractivity contribution >= 4 is 17.9 Å². The Kier molecular flexibility index (Phi) is 8.64. The number of fused-ring (bicyclic) bond motifs is 1. The first-order chi connectivity index (χ1) is 13.8. The van der Waals surface area contributed by atoms with Crippen LogP contribution in [0.5, 0.6) is 11.5 Å². The number of hydrogen-bond donors (Lipinski definition) is 1. The van der Waals surface area contributed by atoms with Gasteiger partial charge >= 0.3 is 17.9 Å². The third-order valence-electron chi connectivity index (χ3n) is 4.82. The summed E-state index contributed by atoms with van der Waals surface area (Å²) in [6.07, 6.45) is 5.19. The fourth-order valence-corrected chi connectivity index (χ4v) is 3.49. The number of ether oxygens (including phenoxy) is 3. The van der Waals surface area contributed by atoms with Gasteiger partial charge in [-0.15, -0.1) is 0 Å². The molecule has 0 aromatic heterocycles. The molecule has 29 heavy (non-hydrogen) atoms. The van der Waals surface area contributed by atoms with Gasteiger partial charge in [0.05, 0.1) is 12.2 Å². The van der Waals surface area contributed by atoms with E-state index in [1.165, 1.54) is 19.9 Å². The number of esters is 3. The molecule has 160 valence electrons. The van der Waals surface area contributed by atoms with Crippen LogP contribution < -0.4 is 9.47 Å². The molecule has 1 heterocycles. The van der Waals surface area contributed by atoms with Gasteiger partial charge in [-0.25, -0.2) is 4.79 Å². The molecule has 0 fully saturated rings. The smallest absolute Gasteiger partial charge is 0.342 e. The van der Waals surface area contributed by atoms with E-state index >= 15 is 0 Å². The highest BCUT2D eigenvalue weighted by Gasteiger charge is 2.24. The average molecular weight is 406 g/mol. The number of carbonyl (C=O) groups excluding carboxylic acids is 3. The average Bonchev–Trinajstić information content (AvgIpc) is 2.59. The molecule has 0 aliphatic carbocycles. The van der Waals surface area contributed by atoms with Gasteiger partial charge in [0.15, 0.2) is 0 Å². The van der Waals surface area contributed by atoms with Crippen LogP contribution in [0.4, 0.5) is 0 Å². The van der Waals surface area contributed by atoms with E-state index in [1.807, 2.05) is 0 Å². The minimum absolute atomic E-state index is 0.0333. The molecule has 1 N–H and O–H groups in total. The Labute approximate surface area is 171 Å². The Morgan fingerprint density at radius 1 is 1.00 bits per heavy atom. The van der Waals surface area contributed by atoms with Crippen molar-refractivity contribution in [3.05, 3.63) is 23.3 Å². The van der Waals surface area contributed by atoms with Gasteiger partial charge in [-0.3, -0.25) is 9.59 Å².